The van der Waals surface area contributed by atoms with E-state index in [0.717, 1.165) is 5.56 Å². The Morgan fingerprint density at radius 3 is 2.43 bits per heavy atom. The molecule has 0 spiro atoms. The number of anilines is 1. The second-order valence-corrected chi connectivity index (χ2v) is 8.50. The number of hydrogen-bond acceptors (Lipinski definition) is 5. The number of carbonyl (C=O) groups excluding carboxylic acids is 2. The third-order valence-electron chi connectivity index (χ3n) is 5.58. The van der Waals surface area contributed by atoms with E-state index in [0.29, 0.717) is 23.4 Å². The van der Waals surface area contributed by atoms with Gasteiger partial charge in [-0.1, -0.05) is 32.9 Å². The van der Waals surface area contributed by atoms with Crippen molar-refractivity contribution < 1.29 is 32.2 Å². The van der Waals surface area contributed by atoms with Crippen LogP contribution in [0.4, 0.5) is 18.9 Å². The van der Waals surface area contributed by atoms with Crippen LogP contribution in [0.1, 0.15) is 44.7 Å². The summed E-state index contributed by atoms with van der Waals surface area (Å²) in [6.45, 7) is 5.67. The van der Waals surface area contributed by atoms with Gasteiger partial charge in [0, 0.05) is 29.5 Å². The van der Waals surface area contributed by atoms with Crippen LogP contribution in [0.15, 0.2) is 47.6 Å². The van der Waals surface area contributed by atoms with Crippen molar-refractivity contribution in [3.05, 3.63) is 53.6 Å². The fraction of sp³-hybridized carbons (Fsp3) is 0.400. The van der Waals surface area contributed by atoms with E-state index in [4.69, 9.17) is 4.74 Å². The summed E-state index contributed by atoms with van der Waals surface area (Å²) in [5.74, 6) is -1.22. The van der Waals surface area contributed by atoms with Gasteiger partial charge in [-0.15, -0.1) is 13.2 Å². The molecule has 1 N–H and O–H groups in total. The summed E-state index contributed by atoms with van der Waals surface area (Å²) in [5.41, 5.74) is 2.35. The molecule has 0 fully saturated rings. The predicted molar refractivity (Wildman–Crippen MR) is 125 cm³/mol. The average Bonchev–Trinajstić information content (AvgIpc) is 2.80. The van der Waals surface area contributed by atoms with Crippen LogP contribution >= 0.6 is 0 Å². The molecule has 0 bridgehead atoms. The fourth-order valence-corrected chi connectivity index (χ4v) is 3.63. The molecule has 1 atom stereocenters. The van der Waals surface area contributed by atoms with Gasteiger partial charge in [-0.3, -0.25) is 9.59 Å². The van der Waals surface area contributed by atoms with Gasteiger partial charge < -0.3 is 14.8 Å². The second kappa shape index (κ2) is 10.8. The van der Waals surface area contributed by atoms with Crippen LogP contribution in [0.2, 0.25) is 0 Å². The zero-order chi connectivity index (χ0) is 25.8. The molecule has 1 heterocycles. The van der Waals surface area contributed by atoms with Gasteiger partial charge in [0.2, 0.25) is 11.8 Å². The molecule has 2 amide bonds. The van der Waals surface area contributed by atoms with Crippen molar-refractivity contribution in [2.75, 3.05) is 12.4 Å². The summed E-state index contributed by atoms with van der Waals surface area (Å²) >= 11 is 0. The van der Waals surface area contributed by atoms with E-state index in [2.05, 4.69) is 15.2 Å². The molecule has 0 radical (unpaired) electrons. The van der Waals surface area contributed by atoms with Crippen molar-refractivity contribution in [3.63, 3.8) is 0 Å². The molecule has 0 saturated carbocycles. The number of hydrogen-bond donors (Lipinski definition) is 1. The van der Waals surface area contributed by atoms with Gasteiger partial charge in [-0.05, 0) is 42.3 Å². The number of ether oxygens (including phenoxy) is 2. The fourth-order valence-electron chi connectivity index (χ4n) is 3.63. The first-order chi connectivity index (χ1) is 16.5. The third-order valence-corrected chi connectivity index (χ3v) is 5.58. The van der Waals surface area contributed by atoms with E-state index in [9.17, 15) is 22.8 Å². The summed E-state index contributed by atoms with van der Waals surface area (Å²) in [5, 5.41) is 8.64. The average molecular weight is 492 g/mol. The highest BCUT2D eigenvalue weighted by Gasteiger charge is 2.34. The van der Waals surface area contributed by atoms with Crippen molar-refractivity contribution >= 4 is 23.2 Å². The Balaban J connectivity index is 1.87. The van der Waals surface area contributed by atoms with Gasteiger partial charge in [-0.2, -0.15) is 5.10 Å². The van der Waals surface area contributed by atoms with E-state index in [-0.39, 0.29) is 42.4 Å². The van der Waals surface area contributed by atoms with Crippen LogP contribution < -0.4 is 14.8 Å². The molecule has 188 valence electrons. The molecule has 1 aliphatic rings. The number of amides is 2. The number of hydrazone groups is 1. The monoisotopic (exact) mass is 491 g/mol. The Bertz CT molecular complexity index is 1100. The number of nitrogens with zero attached hydrogens (tertiary/aromatic N) is 2. The number of nitrogens with one attached hydrogen (secondary N) is 1. The maximum Gasteiger partial charge on any atom is 0.573 e. The molecule has 0 saturated heterocycles. The van der Waals surface area contributed by atoms with Gasteiger partial charge in [0.1, 0.15) is 0 Å². The lowest BCUT2D eigenvalue weighted by Crippen LogP contribution is -2.36. The normalized spacial score (nSPS) is 16.2. The molecule has 35 heavy (non-hydrogen) atoms. The van der Waals surface area contributed by atoms with Crippen molar-refractivity contribution in [3.8, 4) is 11.5 Å². The lowest BCUT2D eigenvalue weighted by atomic mass is 9.89. The molecule has 10 heteroatoms. The minimum atomic E-state index is -4.88. The molecule has 0 aromatic heterocycles. The SMILES string of the molecule is CCC1CC(=O)N(Cc2ccc(NC(=O)C(C)C)cc2)N=C1c1ccc(OC)c(OC(F)(F)F)c1. The van der Waals surface area contributed by atoms with E-state index in [1.165, 1.54) is 24.3 Å². The van der Waals surface area contributed by atoms with Crippen LogP contribution in [0.3, 0.4) is 0 Å². The van der Waals surface area contributed by atoms with Gasteiger partial charge >= 0.3 is 6.36 Å². The van der Waals surface area contributed by atoms with Crippen molar-refractivity contribution in [2.45, 2.75) is 46.5 Å². The molecular formula is C25H28F3N3O4. The molecule has 2 aromatic rings. The summed E-state index contributed by atoms with van der Waals surface area (Å²) in [6, 6.07) is 11.3. The minimum absolute atomic E-state index is 0.0619. The van der Waals surface area contributed by atoms with Gasteiger partial charge in [0.15, 0.2) is 11.5 Å². The summed E-state index contributed by atoms with van der Waals surface area (Å²) in [7, 11) is 1.26. The number of carbonyl (C=O) groups is 2. The maximum absolute atomic E-state index is 12.9. The predicted octanol–water partition coefficient (Wildman–Crippen LogP) is 5.35. The molecule has 0 aliphatic carbocycles. The van der Waals surface area contributed by atoms with E-state index in [1.807, 2.05) is 6.92 Å². The Morgan fingerprint density at radius 2 is 1.86 bits per heavy atom. The van der Waals surface area contributed by atoms with Gasteiger partial charge in [0.05, 0.1) is 19.4 Å². The second-order valence-electron chi connectivity index (χ2n) is 8.50. The van der Waals surface area contributed by atoms with Crippen LogP contribution in [-0.4, -0.2) is 36.0 Å². The highest BCUT2D eigenvalue weighted by molar-refractivity contribution is 6.06. The third kappa shape index (κ3) is 6.74. The molecule has 7 nitrogen and oxygen atoms in total. The van der Waals surface area contributed by atoms with Crippen LogP contribution in [0.5, 0.6) is 11.5 Å². The first-order valence-electron chi connectivity index (χ1n) is 11.2. The standard InChI is InChI=1S/C25H28F3N3O4/c1-5-17-13-22(32)31(14-16-6-9-19(10-7-16)29-24(33)15(2)3)30-23(17)18-8-11-20(34-4)21(12-18)35-25(26,27)28/h6-12,15,17H,5,13-14H2,1-4H3,(H,29,33). The minimum Gasteiger partial charge on any atom is -0.493 e. The number of halogens is 3. The largest absolute Gasteiger partial charge is 0.573 e. The number of methoxy groups -OCH3 is 1. The highest BCUT2D eigenvalue weighted by atomic mass is 19.4. The Morgan fingerprint density at radius 1 is 1.17 bits per heavy atom. The van der Waals surface area contributed by atoms with Crippen molar-refractivity contribution in [1.82, 2.24) is 5.01 Å². The summed E-state index contributed by atoms with van der Waals surface area (Å²) in [6.07, 6.45) is -4.11. The highest BCUT2D eigenvalue weighted by Crippen LogP contribution is 2.35. The van der Waals surface area contributed by atoms with Gasteiger partial charge in [-0.25, -0.2) is 5.01 Å². The Kier molecular flexibility index (Phi) is 8.03. The van der Waals surface area contributed by atoms with E-state index < -0.39 is 12.1 Å². The quantitative estimate of drug-likeness (QED) is 0.540. The van der Waals surface area contributed by atoms with Crippen LogP contribution in [0.25, 0.3) is 0 Å². The number of benzene rings is 2. The number of alkyl halides is 3. The summed E-state index contributed by atoms with van der Waals surface area (Å²) < 4.78 is 47.8. The van der Waals surface area contributed by atoms with Crippen LogP contribution in [-0.2, 0) is 16.1 Å². The van der Waals surface area contributed by atoms with Gasteiger partial charge in [0.25, 0.3) is 0 Å². The topological polar surface area (TPSA) is 80.2 Å². The molecule has 2 aromatic carbocycles. The molecule has 1 aliphatic heterocycles. The smallest absolute Gasteiger partial charge is 0.493 e. The first-order valence-corrected chi connectivity index (χ1v) is 11.2. The van der Waals surface area contributed by atoms with E-state index >= 15 is 0 Å². The zero-order valence-corrected chi connectivity index (χ0v) is 20.0. The maximum atomic E-state index is 12.9. The van der Waals surface area contributed by atoms with Crippen molar-refractivity contribution in [2.24, 2.45) is 16.9 Å². The van der Waals surface area contributed by atoms with Crippen molar-refractivity contribution in [1.29, 1.82) is 0 Å². The number of rotatable bonds is 8. The molecule has 3 rings (SSSR count). The lowest BCUT2D eigenvalue weighted by Gasteiger charge is -2.29. The van der Waals surface area contributed by atoms with E-state index in [1.54, 1.807) is 44.2 Å². The molecular weight excluding hydrogens is 463 g/mol. The first kappa shape index (κ1) is 26.1. The zero-order valence-electron chi connectivity index (χ0n) is 20.0. The Labute approximate surface area is 201 Å². The molecule has 1 unspecified atom stereocenters. The van der Waals surface area contributed by atoms with Crippen LogP contribution in [0, 0.1) is 11.8 Å². The summed E-state index contributed by atoms with van der Waals surface area (Å²) in [4.78, 5) is 24.6. The lowest BCUT2D eigenvalue weighted by molar-refractivity contribution is -0.275. The Hall–Kier alpha value is -3.56.